The molecule has 1 fully saturated rings. The van der Waals surface area contributed by atoms with Crippen molar-refractivity contribution in [2.75, 3.05) is 26.2 Å². The van der Waals surface area contributed by atoms with E-state index in [2.05, 4.69) is 41.4 Å². The first kappa shape index (κ1) is 19.4. The molecule has 25 heavy (non-hydrogen) atoms. The molecule has 138 valence electrons. The van der Waals surface area contributed by atoms with Gasteiger partial charge >= 0.3 is 5.97 Å². The first-order chi connectivity index (χ1) is 12.0. The lowest BCUT2D eigenvalue weighted by Gasteiger charge is -2.30. The summed E-state index contributed by atoms with van der Waals surface area (Å²) in [6.45, 7) is 8.30. The maximum atomic E-state index is 12.3. The first-order valence-corrected chi connectivity index (χ1v) is 9.30. The van der Waals surface area contributed by atoms with Crippen LogP contribution >= 0.6 is 0 Å². The van der Waals surface area contributed by atoms with Gasteiger partial charge in [-0.25, -0.2) is 0 Å². The Morgan fingerprint density at radius 2 is 1.84 bits per heavy atom. The molecule has 1 aromatic rings. The van der Waals surface area contributed by atoms with E-state index in [9.17, 15) is 9.59 Å². The molecule has 0 radical (unpaired) electrons. The van der Waals surface area contributed by atoms with Gasteiger partial charge in [-0.3, -0.25) is 14.5 Å². The third kappa shape index (κ3) is 5.85. The van der Waals surface area contributed by atoms with E-state index in [1.165, 1.54) is 5.56 Å². The lowest BCUT2D eigenvalue weighted by Crippen LogP contribution is -2.43. The van der Waals surface area contributed by atoms with E-state index >= 15 is 0 Å². The first-order valence-electron chi connectivity index (χ1n) is 9.30. The summed E-state index contributed by atoms with van der Waals surface area (Å²) in [5, 5.41) is 3.06. The van der Waals surface area contributed by atoms with Gasteiger partial charge in [0, 0.05) is 0 Å². The summed E-state index contributed by atoms with van der Waals surface area (Å²) in [4.78, 5) is 26.2. The molecule has 2 rings (SSSR count). The van der Waals surface area contributed by atoms with Crippen LogP contribution in [0.4, 0.5) is 0 Å². The van der Waals surface area contributed by atoms with E-state index in [1.54, 1.807) is 0 Å². The fourth-order valence-electron chi connectivity index (χ4n) is 3.20. The fourth-order valence-corrected chi connectivity index (χ4v) is 3.20. The molecule has 5 heteroatoms. The number of likely N-dealkylation sites (tertiary alicyclic amines) is 1. The number of carbonyl (C=O) groups is 2. The molecule has 0 spiro atoms. The van der Waals surface area contributed by atoms with Gasteiger partial charge in [0.1, 0.15) is 0 Å². The Balaban J connectivity index is 1.75. The van der Waals surface area contributed by atoms with Crippen LogP contribution in [0.25, 0.3) is 0 Å². The molecule has 0 saturated carbocycles. The summed E-state index contributed by atoms with van der Waals surface area (Å²) in [5.41, 5.74) is 2.42. The number of rotatable bonds is 7. The van der Waals surface area contributed by atoms with Crippen LogP contribution in [0.5, 0.6) is 0 Å². The highest BCUT2D eigenvalue weighted by atomic mass is 16.5. The van der Waals surface area contributed by atoms with E-state index in [-0.39, 0.29) is 23.8 Å². The summed E-state index contributed by atoms with van der Waals surface area (Å²) < 4.78 is 5.08. The Morgan fingerprint density at radius 3 is 2.40 bits per heavy atom. The van der Waals surface area contributed by atoms with Crippen LogP contribution < -0.4 is 5.32 Å². The predicted molar refractivity (Wildman–Crippen MR) is 98.2 cm³/mol. The van der Waals surface area contributed by atoms with Crippen LogP contribution in [0.15, 0.2) is 24.3 Å². The average Bonchev–Trinajstić information content (AvgIpc) is 2.62. The molecule has 1 heterocycles. The van der Waals surface area contributed by atoms with Crippen molar-refractivity contribution >= 4 is 11.9 Å². The number of hydrogen-bond donors (Lipinski definition) is 1. The van der Waals surface area contributed by atoms with Crippen LogP contribution in [0.2, 0.25) is 0 Å². The Labute approximate surface area is 150 Å². The number of ether oxygens (including phenoxy) is 1. The zero-order valence-electron chi connectivity index (χ0n) is 15.6. The molecule has 1 aromatic carbocycles. The van der Waals surface area contributed by atoms with Gasteiger partial charge in [-0.1, -0.05) is 31.2 Å². The molecule has 1 N–H and O–H groups in total. The normalized spacial score (nSPS) is 17.1. The number of nitrogens with zero attached hydrogens (tertiary/aromatic N) is 1. The number of aryl methyl sites for hydroxylation is 1. The van der Waals surface area contributed by atoms with Crippen molar-refractivity contribution in [2.24, 2.45) is 5.92 Å². The maximum Gasteiger partial charge on any atom is 0.309 e. The lowest BCUT2D eigenvalue weighted by atomic mass is 9.97. The Hall–Kier alpha value is -1.88. The second kappa shape index (κ2) is 9.56. The third-order valence-electron chi connectivity index (χ3n) is 4.84. The van der Waals surface area contributed by atoms with Crippen LogP contribution in [0.1, 0.15) is 50.8 Å². The number of esters is 1. The highest BCUT2D eigenvalue weighted by Gasteiger charge is 2.26. The van der Waals surface area contributed by atoms with E-state index < -0.39 is 0 Å². The maximum absolute atomic E-state index is 12.3. The van der Waals surface area contributed by atoms with Crippen molar-refractivity contribution < 1.29 is 14.3 Å². The summed E-state index contributed by atoms with van der Waals surface area (Å²) in [6.07, 6.45) is 2.54. The number of amides is 1. The fraction of sp³-hybridized carbons (Fsp3) is 0.600. The Morgan fingerprint density at radius 1 is 1.20 bits per heavy atom. The highest BCUT2D eigenvalue weighted by Crippen LogP contribution is 2.19. The van der Waals surface area contributed by atoms with Gasteiger partial charge in [0.25, 0.3) is 0 Å². The molecule has 0 aromatic heterocycles. The van der Waals surface area contributed by atoms with Gasteiger partial charge in [-0.15, -0.1) is 0 Å². The van der Waals surface area contributed by atoms with Crippen molar-refractivity contribution in [3.8, 4) is 0 Å². The number of hydrogen-bond acceptors (Lipinski definition) is 4. The van der Waals surface area contributed by atoms with Crippen LogP contribution in [-0.2, 0) is 20.7 Å². The zero-order chi connectivity index (χ0) is 18.2. The van der Waals surface area contributed by atoms with Gasteiger partial charge in [0.2, 0.25) is 5.91 Å². The minimum absolute atomic E-state index is 0.00419. The van der Waals surface area contributed by atoms with Gasteiger partial charge in [-0.2, -0.15) is 0 Å². The molecule has 1 saturated heterocycles. The zero-order valence-corrected chi connectivity index (χ0v) is 15.6. The van der Waals surface area contributed by atoms with E-state index in [0.717, 1.165) is 37.9 Å². The third-order valence-corrected chi connectivity index (χ3v) is 4.84. The smallest absolute Gasteiger partial charge is 0.309 e. The molecule has 1 atom stereocenters. The quantitative estimate of drug-likeness (QED) is 0.771. The van der Waals surface area contributed by atoms with Crippen LogP contribution in [0, 0.1) is 5.92 Å². The summed E-state index contributed by atoms with van der Waals surface area (Å²) in [6, 6.07) is 8.37. The standard InChI is InChI=1S/C20H30N2O3/c1-4-16-6-8-17(9-7-16)15(3)21-19(23)14-22-12-10-18(11-13-22)20(24)25-5-2/h6-9,15,18H,4-5,10-14H2,1-3H3,(H,21,23). The van der Waals surface area contributed by atoms with E-state index in [4.69, 9.17) is 4.74 Å². The topological polar surface area (TPSA) is 58.6 Å². The minimum Gasteiger partial charge on any atom is -0.466 e. The number of carbonyl (C=O) groups excluding carboxylic acids is 2. The summed E-state index contributed by atoms with van der Waals surface area (Å²) >= 11 is 0. The molecule has 1 aliphatic rings. The predicted octanol–water partition coefficient (Wildman–Crippen LogP) is 2.70. The van der Waals surface area contributed by atoms with Crippen LogP contribution in [0.3, 0.4) is 0 Å². The Kier molecular flexibility index (Phi) is 7.44. The molecular formula is C20H30N2O3. The largest absolute Gasteiger partial charge is 0.466 e. The van der Waals surface area contributed by atoms with Crippen molar-refractivity contribution in [1.82, 2.24) is 10.2 Å². The van der Waals surface area contributed by atoms with Gasteiger partial charge in [-0.05, 0) is 57.3 Å². The SMILES string of the molecule is CCOC(=O)C1CCN(CC(=O)NC(C)c2ccc(CC)cc2)CC1. The van der Waals surface area contributed by atoms with Crippen molar-refractivity contribution in [3.63, 3.8) is 0 Å². The van der Waals surface area contributed by atoms with Crippen molar-refractivity contribution in [1.29, 1.82) is 0 Å². The van der Waals surface area contributed by atoms with Crippen molar-refractivity contribution in [2.45, 2.75) is 46.1 Å². The van der Waals surface area contributed by atoms with Gasteiger partial charge in [0.05, 0.1) is 25.1 Å². The number of piperidine rings is 1. The summed E-state index contributed by atoms with van der Waals surface area (Å²) in [5.74, 6) is -0.0901. The monoisotopic (exact) mass is 346 g/mol. The molecular weight excluding hydrogens is 316 g/mol. The molecule has 1 aliphatic heterocycles. The molecule has 0 bridgehead atoms. The average molecular weight is 346 g/mol. The second-order valence-electron chi connectivity index (χ2n) is 6.69. The van der Waals surface area contributed by atoms with Gasteiger partial charge in [0.15, 0.2) is 0 Å². The molecule has 0 aliphatic carbocycles. The molecule has 5 nitrogen and oxygen atoms in total. The highest BCUT2D eigenvalue weighted by molar-refractivity contribution is 5.78. The molecule has 1 unspecified atom stereocenters. The van der Waals surface area contributed by atoms with Crippen molar-refractivity contribution in [3.05, 3.63) is 35.4 Å². The number of benzene rings is 1. The summed E-state index contributed by atoms with van der Waals surface area (Å²) in [7, 11) is 0. The molecule has 1 amide bonds. The van der Waals surface area contributed by atoms with E-state index in [0.29, 0.717) is 13.2 Å². The van der Waals surface area contributed by atoms with E-state index in [1.807, 2.05) is 13.8 Å². The van der Waals surface area contributed by atoms with Crippen LogP contribution in [-0.4, -0.2) is 43.0 Å². The lowest BCUT2D eigenvalue weighted by molar-refractivity contribution is -0.149. The minimum atomic E-state index is -0.101. The second-order valence-corrected chi connectivity index (χ2v) is 6.69. The Bertz CT molecular complexity index is 563. The van der Waals surface area contributed by atoms with Gasteiger partial charge < -0.3 is 10.1 Å². The number of nitrogens with one attached hydrogen (secondary N) is 1.